The summed E-state index contributed by atoms with van der Waals surface area (Å²) in [4.78, 5) is 10.9. The molecule has 1 aliphatic heterocycles. The minimum absolute atomic E-state index is 0.0835. The first-order valence-electron chi connectivity index (χ1n) is 5.07. The molecule has 1 aliphatic rings. The lowest BCUT2D eigenvalue weighted by atomic mass is 10.0. The molecule has 1 N–H and O–H groups in total. The van der Waals surface area contributed by atoms with Crippen molar-refractivity contribution < 1.29 is 19.4 Å². The molecule has 14 heavy (non-hydrogen) atoms. The molecule has 0 bridgehead atoms. The largest absolute Gasteiger partial charge is 0.479 e. The topological polar surface area (TPSA) is 55.8 Å². The summed E-state index contributed by atoms with van der Waals surface area (Å²) in [6, 6.07) is 0. The van der Waals surface area contributed by atoms with E-state index in [0.717, 1.165) is 19.4 Å². The number of carboxylic acid groups (broad SMARTS) is 1. The molecule has 1 saturated heterocycles. The number of hydrogen-bond acceptors (Lipinski definition) is 3. The lowest BCUT2D eigenvalue weighted by molar-refractivity contribution is -0.167. The second-order valence-electron chi connectivity index (χ2n) is 3.84. The quantitative estimate of drug-likeness (QED) is 0.732. The van der Waals surface area contributed by atoms with Crippen LogP contribution in [0, 0.1) is 0 Å². The van der Waals surface area contributed by atoms with Gasteiger partial charge in [0.05, 0.1) is 12.7 Å². The van der Waals surface area contributed by atoms with Gasteiger partial charge in [-0.1, -0.05) is 6.92 Å². The molecule has 4 heteroatoms. The third-order valence-electron chi connectivity index (χ3n) is 2.74. The first kappa shape index (κ1) is 11.5. The van der Waals surface area contributed by atoms with Crippen molar-refractivity contribution in [1.82, 2.24) is 0 Å². The summed E-state index contributed by atoms with van der Waals surface area (Å²) >= 11 is 0. The summed E-state index contributed by atoms with van der Waals surface area (Å²) in [5.41, 5.74) is -1.06. The average Bonchev–Trinajstić information content (AvgIpc) is 2.66. The highest BCUT2D eigenvalue weighted by Crippen LogP contribution is 2.19. The Morgan fingerprint density at radius 1 is 1.71 bits per heavy atom. The molecule has 0 saturated carbocycles. The smallest absolute Gasteiger partial charge is 0.335 e. The second-order valence-corrected chi connectivity index (χ2v) is 3.84. The van der Waals surface area contributed by atoms with Gasteiger partial charge in [0.15, 0.2) is 5.60 Å². The van der Waals surface area contributed by atoms with E-state index in [-0.39, 0.29) is 6.10 Å². The van der Waals surface area contributed by atoms with Crippen LogP contribution in [0.5, 0.6) is 0 Å². The number of hydrogen-bond donors (Lipinski definition) is 1. The van der Waals surface area contributed by atoms with Gasteiger partial charge in [-0.25, -0.2) is 4.79 Å². The van der Waals surface area contributed by atoms with Gasteiger partial charge >= 0.3 is 5.97 Å². The molecule has 0 spiro atoms. The minimum Gasteiger partial charge on any atom is -0.479 e. The summed E-state index contributed by atoms with van der Waals surface area (Å²) in [6.45, 7) is 4.56. The van der Waals surface area contributed by atoms with Crippen molar-refractivity contribution in [2.45, 2.75) is 44.8 Å². The fourth-order valence-corrected chi connectivity index (χ4v) is 1.37. The second kappa shape index (κ2) is 4.75. The molecule has 0 radical (unpaired) electrons. The van der Waals surface area contributed by atoms with Crippen LogP contribution in [-0.4, -0.2) is 36.0 Å². The molecule has 0 aliphatic carbocycles. The fourth-order valence-electron chi connectivity index (χ4n) is 1.37. The number of carbonyl (C=O) groups is 1. The SMILES string of the molecule is CCC(C)(OCC1CCCO1)C(=O)O. The number of ether oxygens (including phenoxy) is 2. The molecule has 2 atom stereocenters. The van der Waals surface area contributed by atoms with Crippen LogP contribution in [-0.2, 0) is 14.3 Å². The van der Waals surface area contributed by atoms with E-state index in [0.29, 0.717) is 13.0 Å². The Morgan fingerprint density at radius 3 is 2.86 bits per heavy atom. The maximum Gasteiger partial charge on any atom is 0.335 e. The van der Waals surface area contributed by atoms with Crippen molar-refractivity contribution in [1.29, 1.82) is 0 Å². The average molecular weight is 202 g/mol. The molecular weight excluding hydrogens is 184 g/mol. The highest BCUT2D eigenvalue weighted by molar-refractivity contribution is 5.76. The molecule has 1 heterocycles. The van der Waals surface area contributed by atoms with Gasteiger partial charge < -0.3 is 14.6 Å². The van der Waals surface area contributed by atoms with Gasteiger partial charge in [0, 0.05) is 6.61 Å². The van der Waals surface area contributed by atoms with Crippen LogP contribution < -0.4 is 0 Å². The van der Waals surface area contributed by atoms with E-state index >= 15 is 0 Å². The van der Waals surface area contributed by atoms with E-state index in [1.807, 2.05) is 6.92 Å². The summed E-state index contributed by atoms with van der Waals surface area (Å²) in [5, 5.41) is 8.94. The molecular formula is C10H18O4. The van der Waals surface area contributed by atoms with Crippen LogP contribution in [0.25, 0.3) is 0 Å². The Hall–Kier alpha value is -0.610. The van der Waals surface area contributed by atoms with Crippen molar-refractivity contribution in [2.24, 2.45) is 0 Å². The maximum atomic E-state index is 10.9. The van der Waals surface area contributed by atoms with Gasteiger partial charge in [0.1, 0.15) is 0 Å². The third kappa shape index (κ3) is 2.69. The molecule has 0 amide bonds. The highest BCUT2D eigenvalue weighted by Gasteiger charge is 2.33. The summed E-state index contributed by atoms with van der Waals surface area (Å²) in [5.74, 6) is -0.905. The lowest BCUT2D eigenvalue weighted by Crippen LogP contribution is -2.39. The Labute approximate surface area is 84.2 Å². The van der Waals surface area contributed by atoms with Crippen LogP contribution in [0.15, 0.2) is 0 Å². The van der Waals surface area contributed by atoms with E-state index in [9.17, 15) is 4.79 Å². The first-order valence-corrected chi connectivity index (χ1v) is 5.07. The summed E-state index contributed by atoms with van der Waals surface area (Å²) in [7, 11) is 0. The van der Waals surface area contributed by atoms with E-state index in [1.165, 1.54) is 0 Å². The van der Waals surface area contributed by atoms with Crippen molar-refractivity contribution in [3.05, 3.63) is 0 Å². The van der Waals surface area contributed by atoms with Crippen LogP contribution in [0.2, 0.25) is 0 Å². The molecule has 2 unspecified atom stereocenters. The Morgan fingerprint density at radius 2 is 2.43 bits per heavy atom. The molecule has 4 nitrogen and oxygen atoms in total. The molecule has 0 aromatic rings. The number of carboxylic acids is 1. The molecule has 82 valence electrons. The van der Waals surface area contributed by atoms with Crippen LogP contribution in [0.3, 0.4) is 0 Å². The maximum absolute atomic E-state index is 10.9. The van der Waals surface area contributed by atoms with Crippen LogP contribution in [0.4, 0.5) is 0 Å². The zero-order valence-corrected chi connectivity index (χ0v) is 8.78. The fraction of sp³-hybridized carbons (Fsp3) is 0.900. The van der Waals surface area contributed by atoms with Crippen molar-refractivity contribution in [3.63, 3.8) is 0 Å². The normalized spacial score (nSPS) is 26.0. The van der Waals surface area contributed by atoms with Crippen molar-refractivity contribution in [3.8, 4) is 0 Å². The van der Waals surface area contributed by atoms with E-state index < -0.39 is 11.6 Å². The molecule has 1 fully saturated rings. The van der Waals surface area contributed by atoms with Crippen LogP contribution in [0.1, 0.15) is 33.1 Å². The van der Waals surface area contributed by atoms with Gasteiger partial charge in [-0.2, -0.15) is 0 Å². The number of aliphatic carboxylic acids is 1. The van der Waals surface area contributed by atoms with Crippen molar-refractivity contribution in [2.75, 3.05) is 13.2 Å². The van der Waals surface area contributed by atoms with Crippen LogP contribution >= 0.6 is 0 Å². The zero-order valence-electron chi connectivity index (χ0n) is 8.78. The standard InChI is InChI=1S/C10H18O4/c1-3-10(2,9(11)12)14-7-8-5-4-6-13-8/h8H,3-7H2,1-2H3,(H,11,12). The molecule has 1 rings (SSSR count). The highest BCUT2D eigenvalue weighted by atomic mass is 16.6. The third-order valence-corrected chi connectivity index (χ3v) is 2.74. The Balaban J connectivity index is 2.36. The lowest BCUT2D eigenvalue weighted by Gasteiger charge is -2.25. The first-order chi connectivity index (χ1) is 6.58. The van der Waals surface area contributed by atoms with Gasteiger partial charge in [-0.05, 0) is 26.2 Å². The number of rotatable bonds is 5. The van der Waals surface area contributed by atoms with Crippen molar-refractivity contribution >= 4 is 5.97 Å². The van der Waals surface area contributed by atoms with E-state index in [1.54, 1.807) is 6.92 Å². The van der Waals surface area contributed by atoms with E-state index in [4.69, 9.17) is 14.6 Å². The van der Waals surface area contributed by atoms with Gasteiger partial charge in [-0.3, -0.25) is 0 Å². The van der Waals surface area contributed by atoms with E-state index in [2.05, 4.69) is 0 Å². The monoisotopic (exact) mass is 202 g/mol. The minimum atomic E-state index is -1.06. The Kier molecular flexibility index (Phi) is 3.89. The predicted octanol–water partition coefficient (Wildman–Crippen LogP) is 1.44. The molecule has 0 aromatic heterocycles. The summed E-state index contributed by atoms with van der Waals surface area (Å²) < 4.78 is 10.8. The predicted molar refractivity (Wildman–Crippen MR) is 51.3 cm³/mol. The van der Waals surface area contributed by atoms with Gasteiger partial charge in [0.25, 0.3) is 0 Å². The molecule has 0 aromatic carbocycles. The van der Waals surface area contributed by atoms with Gasteiger partial charge in [-0.15, -0.1) is 0 Å². The Bertz CT molecular complexity index is 198. The summed E-state index contributed by atoms with van der Waals surface area (Å²) in [6.07, 6.45) is 2.57. The van der Waals surface area contributed by atoms with Gasteiger partial charge in [0.2, 0.25) is 0 Å². The zero-order chi connectivity index (χ0) is 10.6.